The maximum absolute atomic E-state index is 12.2. The average Bonchev–Trinajstić information content (AvgIpc) is 2.85. The molecule has 0 aromatic rings. The number of phosphoric acid groups is 1. The highest BCUT2D eigenvalue weighted by Crippen LogP contribution is 2.43. The lowest BCUT2D eigenvalue weighted by atomic mass is 10.1. The molecule has 2 unspecified atom stereocenters. The third-order valence-corrected chi connectivity index (χ3v) is 7.17. The van der Waals surface area contributed by atoms with E-state index in [2.05, 4.69) is 19.1 Å². The number of ether oxygens (including phenoxy) is 2. The van der Waals surface area contributed by atoms with E-state index in [4.69, 9.17) is 23.6 Å². The number of likely N-dealkylation sites (N-methyl/N-ethyl adjacent to an activating group) is 1. The van der Waals surface area contributed by atoms with Crippen molar-refractivity contribution in [2.75, 3.05) is 60.7 Å². The smallest absolute Gasteiger partial charge is 0.472 e. The molecule has 39 heavy (non-hydrogen) atoms. The van der Waals surface area contributed by atoms with Crippen LogP contribution in [0.25, 0.3) is 0 Å². The van der Waals surface area contributed by atoms with Gasteiger partial charge in [0.25, 0.3) is 0 Å². The summed E-state index contributed by atoms with van der Waals surface area (Å²) in [6.07, 6.45) is 20.0. The van der Waals surface area contributed by atoms with E-state index in [1.54, 1.807) is 0 Å². The second-order valence-electron chi connectivity index (χ2n) is 11.3. The molecule has 0 rings (SSSR count). The number of hydrogen-bond donors (Lipinski definition) is 2. The number of aliphatic carboxylic acids is 1. The van der Waals surface area contributed by atoms with Gasteiger partial charge in [-0.1, -0.05) is 64.0 Å². The van der Waals surface area contributed by atoms with Crippen LogP contribution in [0, 0.1) is 0 Å². The summed E-state index contributed by atoms with van der Waals surface area (Å²) in [5.41, 5.74) is 0. The van der Waals surface area contributed by atoms with Gasteiger partial charge >= 0.3 is 13.8 Å². The van der Waals surface area contributed by atoms with Crippen molar-refractivity contribution in [3.63, 3.8) is 0 Å². The van der Waals surface area contributed by atoms with Gasteiger partial charge in [0.05, 0.1) is 34.4 Å². The highest BCUT2D eigenvalue weighted by atomic mass is 31.2. The largest absolute Gasteiger partial charge is 0.481 e. The fraction of sp³-hybridized carbons (Fsp3) is 0.897. The van der Waals surface area contributed by atoms with Crippen LogP contribution in [0.2, 0.25) is 0 Å². The fourth-order valence-electron chi connectivity index (χ4n) is 3.73. The van der Waals surface area contributed by atoms with Crippen molar-refractivity contribution in [2.24, 2.45) is 0 Å². The van der Waals surface area contributed by atoms with Crippen LogP contribution in [-0.2, 0) is 27.9 Å². The van der Waals surface area contributed by atoms with Crippen molar-refractivity contribution in [3.05, 3.63) is 12.2 Å². The molecular formula is C29H59NO8P+. The van der Waals surface area contributed by atoms with Gasteiger partial charge in [-0.25, -0.2) is 4.57 Å². The molecule has 0 aromatic carbocycles. The topological polar surface area (TPSA) is 112 Å². The molecule has 0 fully saturated rings. The van der Waals surface area contributed by atoms with Crippen LogP contribution >= 0.6 is 7.82 Å². The lowest BCUT2D eigenvalue weighted by molar-refractivity contribution is -0.870. The maximum atomic E-state index is 12.2. The van der Waals surface area contributed by atoms with Crippen molar-refractivity contribution in [2.45, 2.75) is 109 Å². The summed E-state index contributed by atoms with van der Waals surface area (Å²) in [5, 5.41) is 8.77. The predicted molar refractivity (Wildman–Crippen MR) is 157 cm³/mol. The van der Waals surface area contributed by atoms with Crippen LogP contribution in [0.3, 0.4) is 0 Å². The molecule has 2 N–H and O–H groups in total. The van der Waals surface area contributed by atoms with Gasteiger partial charge in [-0.15, -0.1) is 0 Å². The first-order chi connectivity index (χ1) is 18.6. The summed E-state index contributed by atoms with van der Waals surface area (Å²) < 4.78 is 34.6. The molecular weight excluding hydrogens is 521 g/mol. The minimum absolute atomic E-state index is 0.0861. The third-order valence-electron chi connectivity index (χ3n) is 6.18. The van der Waals surface area contributed by atoms with Crippen molar-refractivity contribution in [1.29, 1.82) is 0 Å². The Kier molecular flexibility index (Phi) is 24.4. The monoisotopic (exact) mass is 580 g/mol. The number of unbranched alkanes of at least 4 members (excludes halogenated alkanes) is 11. The number of phosphoric ester groups is 1. The molecule has 0 aromatic heterocycles. The van der Waals surface area contributed by atoms with Gasteiger partial charge in [0.2, 0.25) is 0 Å². The van der Waals surface area contributed by atoms with Crippen molar-refractivity contribution in [1.82, 2.24) is 0 Å². The first-order valence-corrected chi connectivity index (χ1v) is 16.5. The van der Waals surface area contributed by atoms with Gasteiger partial charge in [-0.3, -0.25) is 13.8 Å². The predicted octanol–water partition coefficient (Wildman–Crippen LogP) is 6.74. The van der Waals surface area contributed by atoms with E-state index in [0.29, 0.717) is 37.1 Å². The van der Waals surface area contributed by atoms with Crippen molar-refractivity contribution < 1.29 is 42.4 Å². The standard InChI is InChI=1S/C29H58NO8P/c1-5-6-7-8-9-10-11-12-13-14-15-16-17-19-23-35-26-28(36-24-20-18-21-29(31)32)27-38-39(33,34)37-25-22-30(2,3)4/h10-11,28H,5-9,12-27H2,1-4H3,(H-,31,32,33,34)/p+1/b11-10-. The van der Waals surface area contributed by atoms with E-state index in [1.165, 1.54) is 64.2 Å². The summed E-state index contributed by atoms with van der Waals surface area (Å²) in [7, 11) is 1.70. The summed E-state index contributed by atoms with van der Waals surface area (Å²) >= 11 is 0. The first kappa shape index (κ1) is 38.2. The van der Waals surface area contributed by atoms with Crippen LogP contribution in [0.15, 0.2) is 12.2 Å². The number of carbonyl (C=O) groups is 1. The number of hydrogen-bond acceptors (Lipinski definition) is 6. The number of nitrogens with zero attached hydrogens (tertiary/aromatic N) is 1. The van der Waals surface area contributed by atoms with Gasteiger partial charge in [-0.2, -0.15) is 0 Å². The van der Waals surface area contributed by atoms with Gasteiger partial charge in [0.15, 0.2) is 0 Å². The van der Waals surface area contributed by atoms with Crippen molar-refractivity contribution in [3.8, 4) is 0 Å². The van der Waals surface area contributed by atoms with E-state index in [9.17, 15) is 14.3 Å². The molecule has 0 bridgehead atoms. The summed E-state index contributed by atoms with van der Waals surface area (Å²) in [5.74, 6) is -0.838. The van der Waals surface area contributed by atoms with Crippen LogP contribution in [-0.4, -0.2) is 87.3 Å². The SMILES string of the molecule is CCCCCC/C=C\CCCCCCCCOCC(COP(=O)(O)OCC[N+](C)(C)C)OCCCCC(=O)O. The van der Waals surface area contributed by atoms with E-state index in [1.807, 2.05) is 21.1 Å². The third kappa shape index (κ3) is 30.0. The summed E-state index contributed by atoms with van der Waals surface area (Å²) in [4.78, 5) is 20.7. The molecule has 0 spiro atoms. The highest BCUT2D eigenvalue weighted by Gasteiger charge is 2.25. The Hall–Kier alpha value is -0.800. The lowest BCUT2D eigenvalue weighted by Crippen LogP contribution is -2.37. The molecule has 0 aliphatic heterocycles. The quantitative estimate of drug-likeness (QED) is 0.0433. The second-order valence-corrected chi connectivity index (χ2v) is 12.7. The Labute approximate surface area is 238 Å². The molecule has 232 valence electrons. The molecule has 0 saturated heterocycles. The molecule has 0 saturated carbocycles. The van der Waals surface area contributed by atoms with Crippen molar-refractivity contribution >= 4 is 13.8 Å². The lowest BCUT2D eigenvalue weighted by Gasteiger charge is -2.24. The van der Waals surface area contributed by atoms with Crippen LogP contribution in [0.4, 0.5) is 0 Å². The average molecular weight is 581 g/mol. The van der Waals surface area contributed by atoms with Gasteiger partial charge in [-0.05, 0) is 44.9 Å². The van der Waals surface area contributed by atoms with E-state index in [0.717, 1.165) is 12.8 Å². The second kappa shape index (κ2) is 25.0. The Morgan fingerprint density at radius 2 is 1.38 bits per heavy atom. The number of allylic oxidation sites excluding steroid dienone is 2. The van der Waals surface area contributed by atoms with E-state index >= 15 is 0 Å². The van der Waals surface area contributed by atoms with E-state index in [-0.39, 0.29) is 26.2 Å². The summed E-state index contributed by atoms with van der Waals surface area (Å²) in [6, 6.07) is 0. The highest BCUT2D eigenvalue weighted by molar-refractivity contribution is 7.47. The number of quaternary nitrogens is 1. The van der Waals surface area contributed by atoms with Crippen LogP contribution in [0.5, 0.6) is 0 Å². The number of carboxylic acid groups (broad SMARTS) is 1. The maximum Gasteiger partial charge on any atom is 0.472 e. The molecule has 2 atom stereocenters. The van der Waals surface area contributed by atoms with Crippen LogP contribution < -0.4 is 0 Å². The first-order valence-electron chi connectivity index (χ1n) is 15.0. The minimum atomic E-state index is -4.19. The molecule has 0 aliphatic rings. The normalized spacial score (nSPS) is 14.6. The van der Waals surface area contributed by atoms with Gasteiger partial charge in [0, 0.05) is 19.6 Å². The zero-order valence-corrected chi connectivity index (χ0v) is 26.2. The van der Waals surface area contributed by atoms with E-state index < -0.39 is 19.9 Å². The molecule has 10 heteroatoms. The minimum Gasteiger partial charge on any atom is -0.481 e. The Morgan fingerprint density at radius 3 is 2.00 bits per heavy atom. The zero-order valence-electron chi connectivity index (χ0n) is 25.3. The fourth-order valence-corrected chi connectivity index (χ4v) is 4.47. The van der Waals surface area contributed by atoms with Gasteiger partial charge < -0.3 is 24.0 Å². The molecule has 0 amide bonds. The van der Waals surface area contributed by atoms with Gasteiger partial charge in [0.1, 0.15) is 19.3 Å². The molecule has 0 heterocycles. The number of rotatable bonds is 29. The molecule has 0 radical (unpaired) electrons. The van der Waals surface area contributed by atoms with Crippen LogP contribution in [0.1, 0.15) is 103 Å². The zero-order chi connectivity index (χ0) is 29.2. The molecule has 0 aliphatic carbocycles. The number of carboxylic acids is 1. The Bertz CT molecular complexity index is 654. The Balaban J connectivity index is 4.07. The Morgan fingerprint density at radius 1 is 0.795 bits per heavy atom. The summed E-state index contributed by atoms with van der Waals surface area (Å²) in [6.45, 7) is 3.94. The molecule has 9 nitrogen and oxygen atoms in total.